The maximum atomic E-state index is 12.0. The van der Waals surface area contributed by atoms with Gasteiger partial charge >= 0.3 is 0 Å². The molecule has 0 aliphatic carbocycles. The second-order valence-corrected chi connectivity index (χ2v) is 4.61. The van der Waals surface area contributed by atoms with Crippen molar-refractivity contribution in [3.05, 3.63) is 35.4 Å². The molecule has 1 amide bonds. The van der Waals surface area contributed by atoms with Crippen LogP contribution in [0.1, 0.15) is 15.9 Å². The Labute approximate surface area is 109 Å². The lowest BCUT2D eigenvalue weighted by molar-refractivity contribution is -0.00270. The summed E-state index contributed by atoms with van der Waals surface area (Å²) in [6.45, 7) is -0.455. The summed E-state index contributed by atoms with van der Waals surface area (Å²) >= 11 is 1.67. The predicted octanol–water partition coefficient (Wildman–Crippen LogP) is 1.91. The highest BCUT2D eigenvalue weighted by Gasteiger charge is 2.17. The third kappa shape index (κ3) is 4.62. The van der Waals surface area contributed by atoms with E-state index in [4.69, 9.17) is 5.11 Å². The summed E-state index contributed by atoms with van der Waals surface area (Å²) in [5.74, 6) is 0.386. The predicted molar refractivity (Wildman–Crippen MR) is 68.0 cm³/mol. The number of carbonyl (C=O) groups excluding carboxylic acids is 1. The Bertz CT molecular complexity index is 384. The van der Waals surface area contributed by atoms with Crippen molar-refractivity contribution in [3.8, 4) is 0 Å². The van der Waals surface area contributed by atoms with Crippen LogP contribution < -0.4 is 5.32 Å². The van der Waals surface area contributed by atoms with Crippen LogP contribution in [0.4, 0.5) is 8.78 Å². The topological polar surface area (TPSA) is 49.3 Å². The van der Waals surface area contributed by atoms with Crippen molar-refractivity contribution < 1.29 is 18.7 Å². The molecule has 1 rings (SSSR count). The normalized spacial score (nSPS) is 12.5. The van der Waals surface area contributed by atoms with Gasteiger partial charge in [0, 0.05) is 17.9 Å². The standard InChI is InChI=1S/C12H15F2NO2S/c1-18-7-8-2-4-9(5-3-8)12(17)15-6-10(16)11(13)14/h2-5,10-11,16H,6-7H2,1H3,(H,15,17). The maximum absolute atomic E-state index is 12.0. The molecule has 6 heteroatoms. The largest absolute Gasteiger partial charge is 0.385 e. The fourth-order valence-electron chi connectivity index (χ4n) is 1.31. The van der Waals surface area contributed by atoms with E-state index in [0.29, 0.717) is 5.56 Å². The van der Waals surface area contributed by atoms with Gasteiger partial charge in [0.05, 0.1) is 0 Å². The number of amides is 1. The van der Waals surface area contributed by atoms with Crippen molar-refractivity contribution in [2.24, 2.45) is 0 Å². The number of nitrogens with one attached hydrogen (secondary N) is 1. The number of hydrogen-bond acceptors (Lipinski definition) is 3. The van der Waals surface area contributed by atoms with Gasteiger partial charge in [-0.3, -0.25) is 4.79 Å². The van der Waals surface area contributed by atoms with E-state index >= 15 is 0 Å². The second-order valence-electron chi connectivity index (χ2n) is 3.74. The van der Waals surface area contributed by atoms with Crippen molar-refractivity contribution in [3.63, 3.8) is 0 Å². The molecule has 1 atom stereocenters. The van der Waals surface area contributed by atoms with Crippen LogP contribution in [0.15, 0.2) is 24.3 Å². The van der Waals surface area contributed by atoms with Gasteiger partial charge in [-0.25, -0.2) is 8.78 Å². The average molecular weight is 275 g/mol. The van der Waals surface area contributed by atoms with Crippen LogP contribution in [0.3, 0.4) is 0 Å². The van der Waals surface area contributed by atoms with Crippen LogP contribution in [-0.2, 0) is 5.75 Å². The molecule has 0 aliphatic rings. The second kappa shape index (κ2) is 7.33. The first-order valence-electron chi connectivity index (χ1n) is 5.37. The molecule has 0 bridgehead atoms. The molecule has 3 nitrogen and oxygen atoms in total. The SMILES string of the molecule is CSCc1ccc(C(=O)NCC(O)C(F)F)cc1. The Hall–Kier alpha value is -1.14. The molecule has 0 aliphatic heterocycles. The van der Waals surface area contributed by atoms with Gasteiger partial charge in [-0.1, -0.05) is 12.1 Å². The van der Waals surface area contributed by atoms with Gasteiger partial charge in [-0.15, -0.1) is 0 Å². The van der Waals surface area contributed by atoms with Crippen LogP contribution >= 0.6 is 11.8 Å². The minimum absolute atomic E-state index is 0.390. The van der Waals surface area contributed by atoms with Crippen LogP contribution in [-0.4, -0.2) is 36.3 Å². The molecule has 100 valence electrons. The van der Waals surface area contributed by atoms with E-state index in [1.807, 2.05) is 18.4 Å². The number of benzene rings is 1. The van der Waals surface area contributed by atoms with Crippen molar-refractivity contribution in [1.29, 1.82) is 0 Å². The summed E-state index contributed by atoms with van der Waals surface area (Å²) in [7, 11) is 0. The average Bonchev–Trinajstić information content (AvgIpc) is 2.36. The summed E-state index contributed by atoms with van der Waals surface area (Å²) in [5.41, 5.74) is 1.48. The highest BCUT2D eigenvalue weighted by Crippen LogP contribution is 2.10. The molecule has 0 radical (unpaired) electrons. The van der Waals surface area contributed by atoms with Crippen LogP contribution in [0.5, 0.6) is 0 Å². The van der Waals surface area contributed by atoms with E-state index in [1.54, 1.807) is 23.9 Å². The van der Waals surface area contributed by atoms with Crippen LogP contribution in [0.2, 0.25) is 0 Å². The van der Waals surface area contributed by atoms with Crippen LogP contribution in [0, 0.1) is 0 Å². The molecular formula is C12H15F2NO2S. The first-order chi connectivity index (χ1) is 8.54. The molecule has 1 aromatic rings. The number of aliphatic hydroxyl groups excluding tert-OH is 1. The van der Waals surface area contributed by atoms with E-state index in [0.717, 1.165) is 11.3 Å². The molecule has 0 aromatic heterocycles. The number of carbonyl (C=O) groups is 1. The number of alkyl halides is 2. The smallest absolute Gasteiger partial charge is 0.265 e. The van der Waals surface area contributed by atoms with Gasteiger partial charge in [-0.05, 0) is 24.0 Å². The first kappa shape index (κ1) is 14.9. The monoisotopic (exact) mass is 275 g/mol. The molecule has 0 spiro atoms. The van der Waals surface area contributed by atoms with Gasteiger partial charge in [0.2, 0.25) is 0 Å². The first-order valence-corrected chi connectivity index (χ1v) is 6.76. The number of halogens is 2. The molecule has 2 N–H and O–H groups in total. The Morgan fingerprint density at radius 1 is 1.39 bits per heavy atom. The lowest BCUT2D eigenvalue weighted by atomic mass is 10.1. The summed E-state index contributed by atoms with van der Waals surface area (Å²) in [5, 5.41) is 11.1. The number of aliphatic hydroxyl groups is 1. The summed E-state index contributed by atoms with van der Waals surface area (Å²) in [6, 6.07) is 6.90. The highest BCUT2D eigenvalue weighted by atomic mass is 32.2. The van der Waals surface area contributed by atoms with E-state index in [-0.39, 0.29) is 0 Å². The fraction of sp³-hybridized carbons (Fsp3) is 0.417. The lowest BCUT2D eigenvalue weighted by Gasteiger charge is -2.10. The Morgan fingerprint density at radius 2 is 2.00 bits per heavy atom. The molecule has 1 unspecified atom stereocenters. The third-order valence-corrected chi connectivity index (χ3v) is 2.91. The quantitative estimate of drug-likeness (QED) is 0.833. The molecule has 0 saturated heterocycles. The zero-order valence-electron chi connectivity index (χ0n) is 9.90. The third-order valence-electron chi connectivity index (χ3n) is 2.29. The Kier molecular flexibility index (Phi) is 6.07. The zero-order valence-corrected chi connectivity index (χ0v) is 10.7. The molecule has 0 heterocycles. The van der Waals surface area contributed by atoms with E-state index in [9.17, 15) is 13.6 Å². The zero-order chi connectivity index (χ0) is 13.5. The van der Waals surface area contributed by atoms with Gasteiger partial charge in [0.1, 0.15) is 6.10 Å². The summed E-state index contributed by atoms with van der Waals surface area (Å²) < 4.78 is 24.0. The van der Waals surface area contributed by atoms with E-state index in [2.05, 4.69) is 5.32 Å². The summed E-state index contributed by atoms with van der Waals surface area (Å²) in [4.78, 5) is 11.6. The van der Waals surface area contributed by atoms with E-state index < -0.39 is 25.0 Å². The Morgan fingerprint density at radius 3 is 2.50 bits per heavy atom. The van der Waals surface area contributed by atoms with Crippen molar-refractivity contribution in [2.75, 3.05) is 12.8 Å². The minimum Gasteiger partial charge on any atom is -0.385 e. The lowest BCUT2D eigenvalue weighted by Crippen LogP contribution is -2.35. The molecule has 0 fully saturated rings. The maximum Gasteiger partial charge on any atom is 0.265 e. The Balaban J connectivity index is 2.51. The van der Waals surface area contributed by atoms with Gasteiger partial charge in [0.15, 0.2) is 0 Å². The van der Waals surface area contributed by atoms with Crippen LogP contribution in [0.25, 0.3) is 0 Å². The van der Waals surface area contributed by atoms with Gasteiger partial charge in [0.25, 0.3) is 12.3 Å². The summed E-state index contributed by atoms with van der Waals surface area (Å²) in [6.07, 6.45) is -2.70. The number of thioether (sulfide) groups is 1. The molecule has 0 saturated carbocycles. The van der Waals surface area contributed by atoms with Gasteiger partial charge < -0.3 is 10.4 Å². The van der Waals surface area contributed by atoms with Gasteiger partial charge in [-0.2, -0.15) is 11.8 Å². The highest BCUT2D eigenvalue weighted by molar-refractivity contribution is 7.97. The molecular weight excluding hydrogens is 260 g/mol. The molecule has 18 heavy (non-hydrogen) atoms. The van der Waals surface area contributed by atoms with Crippen molar-refractivity contribution in [1.82, 2.24) is 5.32 Å². The minimum atomic E-state index is -2.85. The van der Waals surface area contributed by atoms with Crippen molar-refractivity contribution in [2.45, 2.75) is 18.3 Å². The fourth-order valence-corrected chi connectivity index (χ4v) is 1.83. The molecule has 1 aromatic carbocycles. The number of rotatable bonds is 6. The van der Waals surface area contributed by atoms with E-state index in [1.165, 1.54) is 0 Å². The number of hydrogen-bond donors (Lipinski definition) is 2. The van der Waals surface area contributed by atoms with Crippen molar-refractivity contribution >= 4 is 17.7 Å².